The monoisotopic (exact) mass is 587 g/mol. The zero-order chi connectivity index (χ0) is 29.9. The van der Waals surface area contributed by atoms with Gasteiger partial charge in [0.2, 0.25) is 17.7 Å². The van der Waals surface area contributed by atoms with Crippen LogP contribution in [0.4, 0.5) is 0 Å². The minimum Gasteiger partial charge on any atom is -0.481 e. The number of H-pyrrole nitrogens is 2. The second-order valence-electron chi connectivity index (χ2n) is 9.35. The van der Waals surface area contributed by atoms with Crippen LogP contribution >= 0.6 is 11.8 Å². The highest BCUT2D eigenvalue weighted by Gasteiger charge is 2.32. The summed E-state index contributed by atoms with van der Waals surface area (Å²) in [7, 11) is 0. The van der Waals surface area contributed by atoms with Crippen molar-refractivity contribution in [2.75, 3.05) is 12.0 Å². The molecular formula is C26H33N7O7S. The molecule has 0 aliphatic carbocycles. The number of para-hydroxylation sites is 1. The number of benzene rings is 1. The molecule has 0 aliphatic heterocycles. The predicted octanol–water partition coefficient (Wildman–Crippen LogP) is -0.230. The number of hydrogen-bond acceptors (Lipinski definition) is 8. The van der Waals surface area contributed by atoms with Crippen LogP contribution in [0.25, 0.3) is 10.9 Å². The molecule has 41 heavy (non-hydrogen) atoms. The first kappa shape index (κ1) is 31.2. The Bertz CT molecular complexity index is 1360. The Labute approximate surface area is 239 Å². The van der Waals surface area contributed by atoms with E-state index < -0.39 is 60.2 Å². The van der Waals surface area contributed by atoms with E-state index in [1.807, 2.05) is 24.5 Å². The Kier molecular flexibility index (Phi) is 11.3. The number of rotatable bonds is 16. The molecule has 2 heterocycles. The average Bonchev–Trinajstić information content (AvgIpc) is 3.60. The minimum absolute atomic E-state index is 0.00497. The van der Waals surface area contributed by atoms with Crippen molar-refractivity contribution in [3.63, 3.8) is 0 Å². The lowest BCUT2D eigenvalue weighted by Gasteiger charge is -2.25. The first-order valence-electron chi connectivity index (χ1n) is 12.7. The van der Waals surface area contributed by atoms with Crippen molar-refractivity contribution in [2.24, 2.45) is 5.73 Å². The topological polar surface area (TPSA) is 232 Å². The maximum atomic E-state index is 13.5. The summed E-state index contributed by atoms with van der Waals surface area (Å²) < 4.78 is 0. The summed E-state index contributed by atoms with van der Waals surface area (Å²) in [6.07, 6.45) is 5.92. The Morgan fingerprint density at radius 1 is 0.951 bits per heavy atom. The Morgan fingerprint density at radius 3 is 2.24 bits per heavy atom. The van der Waals surface area contributed by atoms with Gasteiger partial charge >= 0.3 is 11.9 Å². The number of carbonyl (C=O) groups is 5. The normalized spacial score (nSPS) is 14.0. The number of thioether (sulfide) groups is 1. The maximum Gasteiger partial charge on any atom is 0.326 e. The zero-order valence-corrected chi connectivity index (χ0v) is 23.1. The summed E-state index contributed by atoms with van der Waals surface area (Å²) in [6.45, 7) is 0. The van der Waals surface area contributed by atoms with Gasteiger partial charge in [0.15, 0.2) is 0 Å². The van der Waals surface area contributed by atoms with Gasteiger partial charge in [0.25, 0.3) is 0 Å². The first-order valence-corrected chi connectivity index (χ1v) is 14.1. The average molecular weight is 588 g/mol. The van der Waals surface area contributed by atoms with Gasteiger partial charge in [-0.25, -0.2) is 9.78 Å². The minimum atomic E-state index is -1.72. The SMILES string of the molecule is CSCCC(N)C(=O)NC(Cc1cnc[nH]1)C(=O)NC(Cc1c[nH]c2ccccc12)C(=O)NC(CC(=O)O)C(=O)O. The summed E-state index contributed by atoms with van der Waals surface area (Å²) in [5.74, 6) is -4.50. The number of aromatic amines is 2. The predicted molar refractivity (Wildman–Crippen MR) is 151 cm³/mol. The fourth-order valence-corrected chi connectivity index (χ4v) is 4.62. The molecule has 2 aromatic heterocycles. The Balaban J connectivity index is 1.87. The number of carboxylic acids is 2. The van der Waals surface area contributed by atoms with Gasteiger partial charge in [0.05, 0.1) is 18.8 Å². The zero-order valence-electron chi connectivity index (χ0n) is 22.3. The number of carbonyl (C=O) groups excluding carboxylic acids is 3. The number of nitrogens with zero attached hydrogens (tertiary/aromatic N) is 1. The molecule has 9 N–H and O–H groups in total. The smallest absolute Gasteiger partial charge is 0.326 e. The van der Waals surface area contributed by atoms with E-state index in [4.69, 9.17) is 10.8 Å². The Hall–Kier alpha value is -4.37. The number of aliphatic carboxylic acids is 2. The van der Waals surface area contributed by atoms with Crippen molar-refractivity contribution >= 4 is 52.3 Å². The van der Waals surface area contributed by atoms with Gasteiger partial charge in [-0.1, -0.05) is 18.2 Å². The van der Waals surface area contributed by atoms with Crippen LogP contribution in [-0.4, -0.2) is 91.0 Å². The molecule has 4 atom stereocenters. The van der Waals surface area contributed by atoms with E-state index in [0.717, 1.165) is 10.9 Å². The lowest BCUT2D eigenvalue weighted by molar-refractivity contribution is -0.147. The third kappa shape index (κ3) is 9.08. The van der Waals surface area contributed by atoms with Crippen LogP contribution in [-0.2, 0) is 36.8 Å². The van der Waals surface area contributed by atoms with Gasteiger partial charge in [-0.15, -0.1) is 0 Å². The van der Waals surface area contributed by atoms with Crippen molar-refractivity contribution in [2.45, 2.75) is 49.9 Å². The molecule has 0 spiro atoms. The largest absolute Gasteiger partial charge is 0.481 e. The number of hydrogen-bond donors (Lipinski definition) is 8. The molecule has 220 valence electrons. The van der Waals surface area contributed by atoms with Gasteiger partial charge in [-0.05, 0) is 30.1 Å². The highest BCUT2D eigenvalue weighted by atomic mass is 32.2. The van der Waals surface area contributed by atoms with Crippen molar-refractivity contribution in [1.29, 1.82) is 0 Å². The summed E-state index contributed by atoms with van der Waals surface area (Å²) >= 11 is 1.52. The van der Waals surface area contributed by atoms with E-state index in [9.17, 15) is 29.1 Å². The van der Waals surface area contributed by atoms with Crippen LogP contribution in [0.1, 0.15) is 24.1 Å². The lowest BCUT2D eigenvalue weighted by Crippen LogP contribution is -2.58. The van der Waals surface area contributed by atoms with Crippen LogP contribution in [0.3, 0.4) is 0 Å². The second kappa shape index (κ2) is 14.9. The van der Waals surface area contributed by atoms with Crippen molar-refractivity contribution < 1.29 is 34.2 Å². The molecule has 4 unspecified atom stereocenters. The third-order valence-electron chi connectivity index (χ3n) is 6.31. The van der Waals surface area contributed by atoms with Crippen molar-refractivity contribution in [1.82, 2.24) is 30.9 Å². The van der Waals surface area contributed by atoms with E-state index >= 15 is 0 Å². The van der Waals surface area contributed by atoms with E-state index in [1.165, 1.54) is 24.3 Å². The number of aromatic nitrogens is 3. The molecule has 0 aliphatic rings. The number of carboxylic acid groups (broad SMARTS) is 2. The first-order chi connectivity index (χ1) is 19.6. The third-order valence-corrected chi connectivity index (χ3v) is 6.95. The number of amides is 3. The quantitative estimate of drug-likeness (QED) is 0.110. The van der Waals surface area contributed by atoms with Crippen LogP contribution in [0.5, 0.6) is 0 Å². The maximum absolute atomic E-state index is 13.5. The van der Waals surface area contributed by atoms with Crippen LogP contribution < -0.4 is 21.7 Å². The van der Waals surface area contributed by atoms with E-state index in [1.54, 1.807) is 12.3 Å². The molecule has 1 aromatic carbocycles. The van der Waals surface area contributed by atoms with Crippen LogP contribution in [0.15, 0.2) is 43.0 Å². The number of nitrogens with two attached hydrogens (primary N) is 1. The molecule has 3 rings (SSSR count). The molecule has 0 radical (unpaired) electrons. The van der Waals surface area contributed by atoms with Crippen LogP contribution in [0, 0.1) is 0 Å². The molecular weight excluding hydrogens is 554 g/mol. The molecule has 14 nitrogen and oxygen atoms in total. The van der Waals surface area contributed by atoms with E-state index in [-0.39, 0.29) is 12.8 Å². The number of nitrogens with one attached hydrogen (secondary N) is 5. The standard InChI is InChI=1S/C26H33N7O7S/c1-41-7-6-17(27)23(36)31-20(9-15-12-28-13-30-15)25(38)32-19(24(37)33-21(26(39)40)10-22(34)35)8-14-11-29-18-5-3-2-4-16(14)18/h2-5,11-13,17,19-21,29H,6-10,27H2,1H3,(H,28,30)(H,31,36)(H,32,38)(H,33,37)(H,34,35)(H,39,40). The van der Waals surface area contributed by atoms with Gasteiger partial charge in [-0.3, -0.25) is 19.2 Å². The number of fused-ring (bicyclic) bond motifs is 1. The van der Waals surface area contributed by atoms with Crippen molar-refractivity contribution in [3.05, 3.63) is 54.2 Å². The van der Waals surface area contributed by atoms with Gasteiger partial charge < -0.3 is 41.9 Å². The molecule has 3 amide bonds. The molecule has 0 saturated carbocycles. The summed E-state index contributed by atoms with van der Waals surface area (Å²) in [5.41, 5.74) is 7.96. The summed E-state index contributed by atoms with van der Waals surface area (Å²) in [4.78, 5) is 72.3. The van der Waals surface area contributed by atoms with Gasteiger partial charge in [0, 0.05) is 41.8 Å². The van der Waals surface area contributed by atoms with Gasteiger partial charge in [0.1, 0.15) is 18.1 Å². The van der Waals surface area contributed by atoms with Crippen LogP contribution in [0.2, 0.25) is 0 Å². The summed E-state index contributed by atoms with van der Waals surface area (Å²) in [5, 5.41) is 26.8. The summed E-state index contributed by atoms with van der Waals surface area (Å²) in [6, 6.07) is 2.21. The fraction of sp³-hybridized carbons (Fsp3) is 0.385. The fourth-order valence-electron chi connectivity index (χ4n) is 4.13. The highest BCUT2D eigenvalue weighted by Crippen LogP contribution is 2.19. The Morgan fingerprint density at radius 2 is 1.61 bits per heavy atom. The van der Waals surface area contributed by atoms with Gasteiger partial charge in [-0.2, -0.15) is 11.8 Å². The van der Waals surface area contributed by atoms with E-state index in [0.29, 0.717) is 23.4 Å². The molecule has 15 heteroatoms. The van der Waals surface area contributed by atoms with Crippen molar-refractivity contribution in [3.8, 4) is 0 Å². The molecule has 0 bridgehead atoms. The van der Waals surface area contributed by atoms with E-state index in [2.05, 4.69) is 30.9 Å². The highest BCUT2D eigenvalue weighted by molar-refractivity contribution is 7.98. The number of imidazole rings is 1. The molecule has 0 saturated heterocycles. The lowest BCUT2D eigenvalue weighted by atomic mass is 10.0. The molecule has 3 aromatic rings. The second-order valence-corrected chi connectivity index (χ2v) is 10.3. The molecule has 0 fully saturated rings.